The Hall–Kier alpha value is -1.44. The van der Waals surface area contributed by atoms with Crippen LogP contribution in [-0.2, 0) is 9.59 Å². The summed E-state index contributed by atoms with van der Waals surface area (Å²) in [5.74, 6) is 0.485. The fourth-order valence-electron chi connectivity index (χ4n) is 5.43. The fraction of sp³-hybridized carbons (Fsp3) is 0.842. The number of amides is 3. The van der Waals surface area contributed by atoms with Crippen LogP contribution in [0.2, 0.25) is 0 Å². The molecule has 8 heteroatoms. The number of urea groups is 1. The van der Waals surface area contributed by atoms with Gasteiger partial charge in [0.25, 0.3) is 0 Å². The monoisotopic (exact) mass is 395 g/mol. The molecule has 3 saturated heterocycles. The first kappa shape index (κ1) is 18.9. The Bertz CT molecular complexity index is 616. The molecule has 7 nitrogen and oxygen atoms in total. The molecule has 4 rings (SSSR count). The first-order chi connectivity index (χ1) is 13.0. The summed E-state index contributed by atoms with van der Waals surface area (Å²) in [5, 5.41) is 15.9. The molecule has 3 unspecified atom stereocenters. The van der Waals surface area contributed by atoms with Crippen molar-refractivity contribution >= 4 is 29.7 Å². The van der Waals surface area contributed by atoms with Gasteiger partial charge in [0, 0.05) is 23.5 Å². The SMILES string of the molecule is O=C1N[C@H]2[C@H](CS[C@H]2CCCCC(=O)N2C(C(=O)O)CC3CCCCC32)N1. The van der Waals surface area contributed by atoms with Gasteiger partial charge in [-0.15, -0.1) is 0 Å². The normalized spacial score (nSPS) is 37.5. The summed E-state index contributed by atoms with van der Waals surface area (Å²) in [6, 6.07) is -0.120. The molecule has 0 aromatic carbocycles. The van der Waals surface area contributed by atoms with Gasteiger partial charge >= 0.3 is 12.0 Å². The molecule has 1 aliphatic carbocycles. The average molecular weight is 396 g/mol. The molecule has 3 amide bonds. The highest BCUT2D eigenvalue weighted by Gasteiger charge is 2.47. The van der Waals surface area contributed by atoms with Crippen molar-refractivity contribution in [2.45, 2.75) is 87.2 Å². The van der Waals surface area contributed by atoms with Crippen LogP contribution in [0.15, 0.2) is 0 Å². The largest absolute Gasteiger partial charge is 0.480 e. The lowest BCUT2D eigenvalue weighted by atomic mass is 9.84. The second-order valence-corrected chi connectivity index (χ2v) is 9.64. The molecule has 0 spiro atoms. The van der Waals surface area contributed by atoms with Gasteiger partial charge in [-0.2, -0.15) is 11.8 Å². The van der Waals surface area contributed by atoms with Gasteiger partial charge in [0.05, 0.1) is 12.1 Å². The quantitative estimate of drug-likeness (QED) is 0.472. The fourth-order valence-corrected chi connectivity index (χ4v) is 6.98. The molecule has 3 heterocycles. The number of thioether (sulfide) groups is 1. The van der Waals surface area contributed by atoms with E-state index < -0.39 is 12.0 Å². The summed E-state index contributed by atoms with van der Waals surface area (Å²) in [4.78, 5) is 37.6. The van der Waals surface area contributed by atoms with E-state index in [1.807, 2.05) is 11.8 Å². The minimum Gasteiger partial charge on any atom is -0.480 e. The highest BCUT2D eigenvalue weighted by Crippen LogP contribution is 2.40. The molecule has 1 saturated carbocycles. The zero-order chi connectivity index (χ0) is 19.0. The lowest BCUT2D eigenvalue weighted by Gasteiger charge is -2.33. The first-order valence-corrected chi connectivity index (χ1v) is 11.3. The molecular formula is C19H29N3O4S. The predicted molar refractivity (Wildman–Crippen MR) is 103 cm³/mol. The van der Waals surface area contributed by atoms with Crippen molar-refractivity contribution in [1.82, 2.24) is 15.5 Å². The van der Waals surface area contributed by atoms with Crippen LogP contribution in [0, 0.1) is 5.92 Å². The van der Waals surface area contributed by atoms with Crippen LogP contribution in [0.3, 0.4) is 0 Å². The van der Waals surface area contributed by atoms with Gasteiger partial charge in [-0.3, -0.25) is 4.79 Å². The van der Waals surface area contributed by atoms with Crippen molar-refractivity contribution in [2.75, 3.05) is 5.75 Å². The molecule has 0 radical (unpaired) electrons. The number of nitrogens with zero attached hydrogens (tertiary/aromatic N) is 1. The summed E-state index contributed by atoms with van der Waals surface area (Å²) in [6.45, 7) is 0. The molecule has 150 valence electrons. The van der Waals surface area contributed by atoms with Crippen molar-refractivity contribution < 1.29 is 19.5 Å². The van der Waals surface area contributed by atoms with Gasteiger partial charge in [0.2, 0.25) is 5.91 Å². The third kappa shape index (κ3) is 3.77. The van der Waals surface area contributed by atoms with Gasteiger partial charge in [-0.25, -0.2) is 9.59 Å². The number of aliphatic carboxylic acids is 1. The summed E-state index contributed by atoms with van der Waals surface area (Å²) in [5.41, 5.74) is 0. The van der Waals surface area contributed by atoms with E-state index in [2.05, 4.69) is 10.6 Å². The number of hydrogen-bond donors (Lipinski definition) is 3. The lowest BCUT2D eigenvalue weighted by Crippen LogP contribution is -2.46. The minimum absolute atomic E-state index is 0.0181. The smallest absolute Gasteiger partial charge is 0.326 e. The number of fused-ring (bicyclic) bond motifs is 2. The zero-order valence-electron chi connectivity index (χ0n) is 15.6. The second-order valence-electron chi connectivity index (χ2n) is 8.37. The number of unbranched alkanes of at least 4 members (excludes halogenated alkanes) is 1. The van der Waals surface area contributed by atoms with E-state index in [-0.39, 0.29) is 30.1 Å². The highest BCUT2D eigenvalue weighted by molar-refractivity contribution is 8.00. The molecule has 3 N–H and O–H groups in total. The van der Waals surface area contributed by atoms with Crippen LogP contribution < -0.4 is 10.6 Å². The number of hydrogen-bond acceptors (Lipinski definition) is 4. The molecule has 0 bridgehead atoms. The number of carbonyl (C=O) groups excluding carboxylic acids is 2. The maximum atomic E-state index is 12.8. The van der Waals surface area contributed by atoms with Crippen LogP contribution in [-0.4, -0.2) is 63.1 Å². The van der Waals surface area contributed by atoms with Crippen molar-refractivity contribution in [2.24, 2.45) is 5.92 Å². The highest BCUT2D eigenvalue weighted by atomic mass is 32.2. The number of nitrogens with one attached hydrogen (secondary N) is 2. The zero-order valence-corrected chi connectivity index (χ0v) is 16.4. The summed E-state index contributed by atoms with van der Waals surface area (Å²) < 4.78 is 0. The van der Waals surface area contributed by atoms with E-state index in [1.54, 1.807) is 4.90 Å². The molecule has 0 aromatic heterocycles. The lowest BCUT2D eigenvalue weighted by molar-refractivity contribution is -0.149. The Labute approximate surface area is 164 Å². The third-order valence-electron chi connectivity index (χ3n) is 6.73. The summed E-state index contributed by atoms with van der Waals surface area (Å²) in [6.07, 6.45) is 8.02. The van der Waals surface area contributed by atoms with E-state index in [0.29, 0.717) is 24.0 Å². The molecule has 4 fully saturated rings. The Morgan fingerprint density at radius 1 is 1.19 bits per heavy atom. The van der Waals surface area contributed by atoms with E-state index in [0.717, 1.165) is 50.7 Å². The standard InChI is InChI=1S/C19H29N3O4S/c23-16(22-13-6-2-1-5-11(13)9-14(22)18(24)25)8-4-3-7-15-17-12(10-27-15)20-19(26)21-17/h11-15,17H,1-10H2,(H,24,25)(H2,20,21,26)/t11?,12-,13?,14?,15-,17-/m0/s1. The molecule has 3 aliphatic heterocycles. The molecular weight excluding hydrogens is 366 g/mol. The van der Waals surface area contributed by atoms with E-state index >= 15 is 0 Å². The average Bonchev–Trinajstić information content (AvgIpc) is 3.30. The van der Waals surface area contributed by atoms with Gasteiger partial charge in [0.1, 0.15) is 6.04 Å². The summed E-state index contributed by atoms with van der Waals surface area (Å²) in [7, 11) is 0. The maximum absolute atomic E-state index is 12.8. The first-order valence-electron chi connectivity index (χ1n) is 10.3. The van der Waals surface area contributed by atoms with Crippen LogP contribution in [0.1, 0.15) is 57.8 Å². The van der Waals surface area contributed by atoms with Crippen molar-refractivity contribution in [3.05, 3.63) is 0 Å². The number of likely N-dealkylation sites (tertiary alicyclic amines) is 1. The van der Waals surface area contributed by atoms with E-state index in [9.17, 15) is 19.5 Å². The molecule has 0 aromatic rings. The van der Waals surface area contributed by atoms with Crippen LogP contribution in [0.25, 0.3) is 0 Å². The second kappa shape index (κ2) is 7.89. The van der Waals surface area contributed by atoms with Gasteiger partial charge < -0.3 is 20.6 Å². The molecule has 27 heavy (non-hydrogen) atoms. The van der Waals surface area contributed by atoms with Crippen molar-refractivity contribution in [1.29, 1.82) is 0 Å². The van der Waals surface area contributed by atoms with Crippen LogP contribution in [0.4, 0.5) is 4.79 Å². The van der Waals surface area contributed by atoms with E-state index in [4.69, 9.17) is 0 Å². The molecule has 4 aliphatic rings. The number of carboxylic acid groups (broad SMARTS) is 1. The van der Waals surface area contributed by atoms with E-state index in [1.165, 1.54) is 0 Å². The minimum atomic E-state index is -0.851. The van der Waals surface area contributed by atoms with Crippen molar-refractivity contribution in [3.8, 4) is 0 Å². The Morgan fingerprint density at radius 3 is 2.81 bits per heavy atom. The maximum Gasteiger partial charge on any atom is 0.326 e. The molecule has 6 atom stereocenters. The predicted octanol–water partition coefficient (Wildman–Crippen LogP) is 1.96. The van der Waals surface area contributed by atoms with Gasteiger partial charge in [-0.1, -0.05) is 19.3 Å². The van der Waals surface area contributed by atoms with Crippen LogP contribution in [0.5, 0.6) is 0 Å². The van der Waals surface area contributed by atoms with Gasteiger partial charge in [0.15, 0.2) is 0 Å². The topological polar surface area (TPSA) is 98.7 Å². The third-order valence-corrected chi connectivity index (χ3v) is 8.24. The Morgan fingerprint density at radius 2 is 2.00 bits per heavy atom. The number of carbonyl (C=O) groups is 3. The van der Waals surface area contributed by atoms with Crippen LogP contribution >= 0.6 is 11.8 Å². The van der Waals surface area contributed by atoms with Crippen molar-refractivity contribution in [3.63, 3.8) is 0 Å². The number of carboxylic acids is 1. The van der Waals surface area contributed by atoms with Gasteiger partial charge in [-0.05, 0) is 38.0 Å². The summed E-state index contributed by atoms with van der Waals surface area (Å²) >= 11 is 1.89. The Kier molecular flexibility index (Phi) is 5.53. The number of rotatable bonds is 6. The Balaban J connectivity index is 1.26.